The molecule has 1 rings (SSSR count). The van der Waals surface area contributed by atoms with Gasteiger partial charge in [0, 0.05) is 17.8 Å². The van der Waals surface area contributed by atoms with E-state index in [1.54, 1.807) is 0 Å². The third kappa shape index (κ3) is 7.14. The summed E-state index contributed by atoms with van der Waals surface area (Å²) in [7, 11) is 2.12. The van der Waals surface area contributed by atoms with Gasteiger partial charge < -0.3 is 16.0 Å². The Morgan fingerprint density at radius 1 is 1.24 bits per heavy atom. The van der Waals surface area contributed by atoms with Gasteiger partial charge in [-0.05, 0) is 57.6 Å². The van der Waals surface area contributed by atoms with Gasteiger partial charge in [0.15, 0.2) is 0 Å². The lowest BCUT2D eigenvalue weighted by atomic mass is 10.1. The fourth-order valence-electron chi connectivity index (χ4n) is 2.24. The standard InChI is InChI=1S/C17H29N3O/c1-4-5-6-11-20(3)12-7-8-17(21)19-16-13-15(18)10-9-14(16)2/h9-10,13H,4-8,11-12,18H2,1-3H3,(H,19,21). The first-order valence-electron chi connectivity index (χ1n) is 7.87. The molecule has 21 heavy (non-hydrogen) atoms. The van der Waals surface area contributed by atoms with Gasteiger partial charge >= 0.3 is 0 Å². The van der Waals surface area contributed by atoms with Crippen molar-refractivity contribution in [3.63, 3.8) is 0 Å². The van der Waals surface area contributed by atoms with Crippen LogP contribution in [0.3, 0.4) is 0 Å². The Morgan fingerprint density at radius 2 is 1.95 bits per heavy atom. The van der Waals surface area contributed by atoms with Crippen LogP contribution in [0.15, 0.2) is 18.2 Å². The molecule has 0 unspecified atom stereocenters. The average Bonchev–Trinajstić information content (AvgIpc) is 2.43. The summed E-state index contributed by atoms with van der Waals surface area (Å²) >= 11 is 0. The highest BCUT2D eigenvalue weighted by Gasteiger charge is 2.06. The van der Waals surface area contributed by atoms with Crippen LogP contribution in [-0.4, -0.2) is 30.9 Å². The smallest absolute Gasteiger partial charge is 0.224 e. The molecule has 0 spiro atoms. The molecular weight excluding hydrogens is 262 g/mol. The van der Waals surface area contributed by atoms with Gasteiger partial charge in [0.2, 0.25) is 5.91 Å². The molecular formula is C17H29N3O. The number of anilines is 2. The summed E-state index contributed by atoms with van der Waals surface area (Å²) in [6.45, 7) is 6.26. The number of aryl methyl sites for hydroxylation is 1. The summed E-state index contributed by atoms with van der Waals surface area (Å²) in [4.78, 5) is 14.2. The maximum Gasteiger partial charge on any atom is 0.224 e. The minimum Gasteiger partial charge on any atom is -0.399 e. The van der Waals surface area contributed by atoms with Gasteiger partial charge in [-0.1, -0.05) is 25.8 Å². The molecule has 0 heterocycles. The number of nitrogens with one attached hydrogen (secondary N) is 1. The van der Waals surface area contributed by atoms with E-state index in [-0.39, 0.29) is 5.91 Å². The SMILES string of the molecule is CCCCCN(C)CCCC(=O)Nc1cc(N)ccc1C. The van der Waals surface area contributed by atoms with Crippen LogP contribution < -0.4 is 11.1 Å². The minimum absolute atomic E-state index is 0.0608. The van der Waals surface area contributed by atoms with E-state index in [4.69, 9.17) is 5.73 Å². The van der Waals surface area contributed by atoms with E-state index in [0.717, 1.165) is 30.8 Å². The van der Waals surface area contributed by atoms with Crippen LogP contribution in [0.1, 0.15) is 44.6 Å². The second kappa shape index (κ2) is 9.40. The van der Waals surface area contributed by atoms with Crippen molar-refractivity contribution < 1.29 is 4.79 Å². The molecule has 1 amide bonds. The zero-order chi connectivity index (χ0) is 15.7. The zero-order valence-electron chi connectivity index (χ0n) is 13.6. The van der Waals surface area contributed by atoms with Crippen molar-refractivity contribution >= 4 is 17.3 Å². The molecule has 4 nitrogen and oxygen atoms in total. The van der Waals surface area contributed by atoms with Crippen LogP contribution in [0.25, 0.3) is 0 Å². The van der Waals surface area contributed by atoms with Crippen molar-refractivity contribution in [3.05, 3.63) is 23.8 Å². The number of amides is 1. The van der Waals surface area contributed by atoms with Crippen molar-refractivity contribution in [1.82, 2.24) is 4.90 Å². The van der Waals surface area contributed by atoms with E-state index >= 15 is 0 Å². The molecule has 0 aliphatic heterocycles. The van der Waals surface area contributed by atoms with Gasteiger partial charge in [-0.25, -0.2) is 0 Å². The predicted octanol–water partition coefficient (Wildman–Crippen LogP) is 3.42. The molecule has 0 aliphatic rings. The molecule has 0 bridgehead atoms. The Balaban J connectivity index is 2.26. The molecule has 4 heteroatoms. The highest BCUT2D eigenvalue weighted by molar-refractivity contribution is 5.91. The van der Waals surface area contributed by atoms with Crippen LogP contribution >= 0.6 is 0 Å². The van der Waals surface area contributed by atoms with E-state index in [2.05, 4.69) is 24.2 Å². The molecule has 1 aromatic carbocycles. The Hall–Kier alpha value is -1.55. The zero-order valence-corrected chi connectivity index (χ0v) is 13.6. The number of rotatable bonds is 9. The Morgan fingerprint density at radius 3 is 2.67 bits per heavy atom. The average molecular weight is 291 g/mol. The molecule has 0 fully saturated rings. The quantitative estimate of drug-likeness (QED) is 0.541. The van der Waals surface area contributed by atoms with Crippen molar-refractivity contribution in [2.24, 2.45) is 0 Å². The fourth-order valence-corrected chi connectivity index (χ4v) is 2.24. The van der Waals surface area contributed by atoms with Crippen molar-refractivity contribution in [2.75, 3.05) is 31.2 Å². The van der Waals surface area contributed by atoms with Crippen molar-refractivity contribution in [2.45, 2.75) is 46.0 Å². The molecule has 0 atom stereocenters. The number of carbonyl (C=O) groups excluding carboxylic acids is 1. The normalized spacial score (nSPS) is 10.9. The monoisotopic (exact) mass is 291 g/mol. The summed E-state index contributed by atoms with van der Waals surface area (Å²) in [5.74, 6) is 0.0608. The van der Waals surface area contributed by atoms with Crippen molar-refractivity contribution in [1.29, 1.82) is 0 Å². The summed E-state index contributed by atoms with van der Waals surface area (Å²) in [6, 6.07) is 5.58. The summed E-state index contributed by atoms with van der Waals surface area (Å²) < 4.78 is 0. The van der Waals surface area contributed by atoms with E-state index in [1.165, 1.54) is 19.3 Å². The number of unbranched alkanes of at least 4 members (excludes halogenated alkanes) is 2. The molecule has 0 aliphatic carbocycles. The molecule has 118 valence electrons. The lowest BCUT2D eigenvalue weighted by Gasteiger charge is -2.16. The maximum atomic E-state index is 11.9. The van der Waals surface area contributed by atoms with Gasteiger partial charge in [-0.3, -0.25) is 4.79 Å². The third-order valence-electron chi connectivity index (χ3n) is 3.62. The number of hydrogen-bond donors (Lipinski definition) is 2. The lowest BCUT2D eigenvalue weighted by Crippen LogP contribution is -2.22. The molecule has 3 N–H and O–H groups in total. The first-order chi connectivity index (χ1) is 10.0. The van der Waals surface area contributed by atoms with E-state index in [0.29, 0.717) is 12.1 Å². The number of carbonyl (C=O) groups is 1. The first kappa shape index (κ1) is 17.5. The lowest BCUT2D eigenvalue weighted by molar-refractivity contribution is -0.116. The Labute approximate surface area is 128 Å². The van der Waals surface area contributed by atoms with Gasteiger partial charge in [-0.15, -0.1) is 0 Å². The Bertz CT molecular complexity index is 446. The summed E-state index contributed by atoms with van der Waals surface area (Å²) in [5, 5.41) is 2.94. The molecule has 0 radical (unpaired) electrons. The second-order valence-electron chi connectivity index (χ2n) is 5.74. The number of nitrogen functional groups attached to an aromatic ring is 1. The van der Waals surface area contributed by atoms with Crippen LogP contribution in [-0.2, 0) is 4.79 Å². The van der Waals surface area contributed by atoms with Gasteiger partial charge in [0.1, 0.15) is 0 Å². The molecule has 0 saturated carbocycles. The Kier molecular flexibility index (Phi) is 7.83. The molecule has 0 saturated heterocycles. The fraction of sp³-hybridized carbons (Fsp3) is 0.588. The molecule has 1 aromatic rings. The van der Waals surface area contributed by atoms with Gasteiger partial charge in [0.05, 0.1) is 0 Å². The summed E-state index contributed by atoms with van der Waals surface area (Å²) in [5.41, 5.74) is 8.27. The third-order valence-corrected chi connectivity index (χ3v) is 3.62. The first-order valence-corrected chi connectivity index (χ1v) is 7.87. The topological polar surface area (TPSA) is 58.4 Å². The summed E-state index contributed by atoms with van der Waals surface area (Å²) in [6.07, 6.45) is 5.19. The largest absolute Gasteiger partial charge is 0.399 e. The van der Waals surface area contributed by atoms with E-state index in [9.17, 15) is 4.79 Å². The van der Waals surface area contributed by atoms with E-state index in [1.807, 2.05) is 25.1 Å². The van der Waals surface area contributed by atoms with Crippen LogP contribution in [0, 0.1) is 6.92 Å². The van der Waals surface area contributed by atoms with Crippen LogP contribution in [0.2, 0.25) is 0 Å². The maximum absolute atomic E-state index is 11.9. The second-order valence-corrected chi connectivity index (χ2v) is 5.74. The van der Waals surface area contributed by atoms with Gasteiger partial charge in [-0.2, -0.15) is 0 Å². The number of benzene rings is 1. The number of nitrogens with zero attached hydrogens (tertiary/aromatic N) is 1. The van der Waals surface area contributed by atoms with Crippen LogP contribution in [0.5, 0.6) is 0 Å². The van der Waals surface area contributed by atoms with E-state index < -0.39 is 0 Å². The predicted molar refractivity (Wildman–Crippen MR) is 90.5 cm³/mol. The van der Waals surface area contributed by atoms with Crippen molar-refractivity contribution in [3.8, 4) is 0 Å². The number of nitrogens with two attached hydrogens (primary N) is 1. The van der Waals surface area contributed by atoms with Gasteiger partial charge in [0.25, 0.3) is 0 Å². The minimum atomic E-state index is 0.0608. The highest BCUT2D eigenvalue weighted by atomic mass is 16.1. The number of hydrogen-bond acceptors (Lipinski definition) is 3. The van der Waals surface area contributed by atoms with Crippen LogP contribution in [0.4, 0.5) is 11.4 Å². The highest BCUT2D eigenvalue weighted by Crippen LogP contribution is 2.18. The molecule has 0 aromatic heterocycles.